The first-order valence-corrected chi connectivity index (χ1v) is 10.7. The van der Waals surface area contributed by atoms with Crippen molar-refractivity contribution in [2.45, 2.75) is 31.5 Å². The second-order valence-corrected chi connectivity index (χ2v) is 8.65. The van der Waals surface area contributed by atoms with Crippen molar-refractivity contribution >= 4 is 50.4 Å². The Kier molecular flexibility index (Phi) is 4.73. The van der Waals surface area contributed by atoms with Crippen molar-refractivity contribution in [2.75, 3.05) is 5.32 Å². The summed E-state index contributed by atoms with van der Waals surface area (Å²) in [4.78, 5) is 43.8. The fraction of sp³-hybridized carbons (Fsp3) is 0.286. The molecule has 10 heteroatoms. The lowest BCUT2D eigenvalue weighted by Gasteiger charge is -2.26. The SMILES string of the molecule is NC(=O)c1nn(CC(=O)N2C3CC3C[C@H]2C(=O)Nc2cccc(Br)n2)c2ccccc12. The molecule has 3 aromatic rings. The number of likely N-dealkylation sites (tertiary alicyclic amines) is 1. The number of nitrogens with one attached hydrogen (secondary N) is 1. The minimum atomic E-state index is -0.649. The van der Waals surface area contributed by atoms with Crippen LogP contribution in [0.1, 0.15) is 23.3 Å². The van der Waals surface area contributed by atoms with Crippen LogP contribution in [0.2, 0.25) is 0 Å². The molecule has 9 nitrogen and oxygen atoms in total. The van der Waals surface area contributed by atoms with E-state index < -0.39 is 11.9 Å². The molecule has 1 saturated heterocycles. The predicted octanol–water partition coefficient (Wildman–Crippen LogP) is 1.92. The normalized spacial score (nSPS) is 21.7. The minimum Gasteiger partial charge on any atom is -0.364 e. The van der Waals surface area contributed by atoms with Crippen molar-refractivity contribution in [3.63, 3.8) is 0 Å². The molecule has 2 unspecified atom stereocenters. The molecule has 31 heavy (non-hydrogen) atoms. The van der Waals surface area contributed by atoms with Gasteiger partial charge in [-0.3, -0.25) is 19.1 Å². The van der Waals surface area contributed by atoms with Crippen LogP contribution in [0, 0.1) is 5.92 Å². The van der Waals surface area contributed by atoms with E-state index in [1.807, 2.05) is 6.07 Å². The van der Waals surface area contributed by atoms with E-state index in [-0.39, 0.29) is 30.1 Å². The summed E-state index contributed by atoms with van der Waals surface area (Å²) in [6, 6.07) is 11.9. The quantitative estimate of drug-likeness (QED) is 0.537. The number of para-hydroxylation sites is 1. The van der Waals surface area contributed by atoms with Gasteiger partial charge in [0.25, 0.3) is 5.91 Å². The number of primary amides is 1. The van der Waals surface area contributed by atoms with Crippen LogP contribution in [0.5, 0.6) is 0 Å². The molecule has 0 spiro atoms. The molecule has 5 rings (SSSR count). The summed E-state index contributed by atoms with van der Waals surface area (Å²) in [7, 11) is 0. The maximum atomic E-state index is 13.2. The molecule has 1 aliphatic heterocycles. The van der Waals surface area contributed by atoms with Crippen LogP contribution in [0.4, 0.5) is 5.82 Å². The van der Waals surface area contributed by atoms with Gasteiger partial charge < -0.3 is 16.0 Å². The number of nitrogens with zero attached hydrogens (tertiary/aromatic N) is 4. The highest BCUT2D eigenvalue weighted by atomic mass is 79.9. The highest BCUT2D eigenvalue weighted by Crippen LogP contribution is 2.48. The van der Waals surface area contributed by atoms with Crippen LogP contribution >= 0.6 is 15.9 Å². The number of carbonyl (C=O) groups is 3. The lowest BCUT2D eigenvalue weighted by atomic mass is 10.1. The zero-order valence-electron chi connectivity index (χ0n) is 16.4. The minimum absolute atomic E-state index is 0.0659. The van der Waals surface area contributed by atoms with Gasteiger partial charge in [-0.2, -0.15) is 5.10 Å². The zero-order chi connectivity index (χ0) is 21.7. The number of benzene rings is 1. The summed E-state index contributed by atoms with van der Waals surface area (Å²) in [6.45, 7) is -0.0735. The summed E-state index contributed by atoms with van der Waals surface area (Å²) >= 11 is 3.29. The number of amides is 3. The Balaban J connectivity index is 1.38. The van der Waals surface area contributed by atoms with E-state index in [0.717, 1.165) is 6.42 Å². The molecule has 2 aromatic heterocycles. The number of fused-ring (bicyclic) bond motifs is 2. The molecule has 1 aromatic carbocycles. The average Bonchev–Trinajstić information content (AvgIpc) is 3.24. The number of halogens is 1. The predicted molar refractivity (Wildman–Crippen MR) is 116 cm³/mol. The summed E-state index contributed by atoms with van der Waals surface area (Å²) in [5, 5.41) is 7.67. The second-order valence-electron chi connectivity index (χ2n) is 7.84. The van der Waals surface area contributed by atoms with Gasteiger partial charge in [0.05, 0.1) is 5.52 Å². The Morgan fingerprint density at radius 2 is 1.94 bits per heavy atom. The van der Waals surface area contributed by atoms with Gasteiger partial charge in [-0.05, 0) is 52.9 Å². The van der Waals surface area contributed by atoms with Crippen molar-refractivity contribution in [3.05, 3.63) is 52.8 Å². The first-order chi connectivity index (χ1) is 14.9. The van der Waals surface area contributed by atoms with E-state index in [2.05, 4.69) is 31.3 Å². The Morgan fingerprint density at radius 3 is 2.71 bits per heavy atom. The Bertz CT molecular complexity index is 1220. The number of rotatable bonds is 5. The lowest BCUT2D eigenvalue weighted by molar-refractivity contribution is -0.138. The largest absolute Gasteiger partial charge is 0.364 e. The highest BCUT2D eigenvalue weighted by Gasteiger charge is 2.56. The number of pyridine rings is 1. The van der Waals surface area contributed by atoms with E-state index >= 15 is 0 Å². The summed E-state index contributed by atoms with van der Waals surface area (Å²) < 4.78 is 2.10. The van der Waals surface area contributed by atoms with Crippen molar-refractivity contribution in [2.24, 2.45) is 11.7 Å². The third kappa shape index (κ3) is 3.56. The van der Waals surface area contributed by atoms with Gasteiger partial charge in [-0.1, -0.05) is 24.3 Å². The van der Waals surface area contributed by atoms with Gasteiger partial charge in [-0.15, -0.1) is 0 Å². The number of carbonyl (C=O) groups excluding carboxylic acids is 3. The molecule has 3 amide bonds. The van der Waals surface area contributed by atoms with Crippen molar-refractivity contribution in [1.29, 1.82) is 0 Å². The van der Waals surface area contributed by atoms with Gasteiger partial charge in [0.1, 0.15) is 23.0 Å². The van der Waals surface area contributed by atoms with Gasteiger partial charge in [0.15, 0.2) is 5.69 Å². The van der Waals surface area contributed by atoms with Crippen LogP contribution in [-0.2, 0) is 16.1 Å². The van der Waals surface area contributed by atoms with E-state index in [9.17, 15) is 14.4 Å². The number of nitrogens with two attached hydrogens (primary N) is 1. The maximum Gasteiger partial charge on any atom is 0.269 e. The molecule has 0 radical (unpaired) electrons. The highest BCUT2D eigenvalue weighted by molar-refractivity contribution is 9.10. The first kappa shape index (κ1) is 19.7. The third-order valence-electron chi connectivity index (χ3n) is 5.84. The summed E-state index contributed by atoms with van der Waals surface area (Å²) in [5.41, 5.74) is 6.23. The molecule has 3 atom stereocenters. The lowest BCUT2D eigenvalue weighted by Crippen LogP contribution is -2.46. The Morgan fingerprint density at radius 1 is 1.13 bits per heavy atom. The smallest absolute Gasteiger partial charge is 0.269 e. The van der Waals surface area contributed by atoms with Gasteiger partial charge in [0, 0.05) is 11.4 Å². The van der Waals surface area contributed by atoms with Gasteiger partial charge in [0.2, 0.25) is 11.8 Å². The van der Waals surface area contributed by atoms with Crippen molar-refractivity contribution in [1.82, 2.24) is 19.7 Å². The van der Waals surface area contributed by atoms with E-state index in [4.69, 9.17) is 5.73 Å². The molecular formula is C21H19BrN6O3. The third-order valence-corrected chi connectivity index (χ3v) is 6.28. The fourth-order valence-corrected chi connectivity index (χ4v) is 4.72. The Labute approximate surface area is 185 Å². The zero-order valence-corrected chi connectivity index (χ0v) is 17.9. The molecule has 3 heterocycles. The average molecular weight is 483 g/mol. The topological polar surface area (TPSA) is 123 Å². The Hall–Kier alpha value is -3.27. The maximum absolute atomic E-state index is 13.2. The van der Waals surface area contributed by atoms with E-state index in [1.165, 1.54) is 4.68 Å². The summed E-state index contributed by atoms with van der Waals surface area (Å²) in [5.74, 6) is -0.349. The first-order valence-electron chi connectivity index (χ1n) is 9.92. The molecule has 2 fully saturated rings. The van der Waals surface area contributed by atoms with Crippen LogP contribution in [-0.4, -0.2) is 49.5 Å². The molecule has 0 bridgehead atoms. The second kappa shape index (κ2) is 7.45. The molecule has 1 saturated carbocycles. The number of hydrogen-bond donors (Lipinski definition) is 2. The number of anilines is 1. The standard InChI is InChI=1S/C21H19BrN6O3/c22-16-6-3-7-17(24-16)25-21(31)15-9-11-8-14(11)28(15)18(29)10-27-13-5-2-1-4-12(13)19(26-27)20(23)30/h1-7,11,14-15H,8-10H2,(H2,23,30)(H,24,25,31)/t11?,14?,15-/m0/s1. The molecule has 3 N–H and O–H groups in total. The molecular weight excluding hydrogens is 464 g/mol. The van der Waals surface area contributed by atoms with Gasteiger partial charge >= 0.3 is 0 Å². The van der Waals surface area contributed by atoms with Crippen LogP contribution < -0.4 is 11.1 Å². The van der Waals surface area contributed by atoms with E-state index in [0.29, 0.717) is 33.7 Å². The van der Waals surface area contributed by atoms with Crippen LogP contribution in [0.25, 0.3) is 10.9 Å². The molecule has 1 aliphatic carbocycles. The number of piperidine rings is 1. The van der Waals surface area contributed by atoms with Crippen molar-refractivity contribution < 1.29 is 14.4 Å². The molecule has 158 valence electrons. The van der Waals surface area contributed by atoms with Gasteiger partial charge in [-0.25, -0.2) is 4.98 Å². The summed E-state index contributed by atoms with van der Waals surface area (Å²) in [6.07, 6.45) is 1.53. The van der Waals surface area contributed by atoms with Crippen molar-refractivity contribution in [3.8, 4) is 0 Å². The number of aromatic nitrogens is 3. The molecule has 2 aliphatic rings. The number of hydrogen-bond acceptors (Lipinski definition) is 5. The van der Waals surface area contributed by atoms with Crippen LogP contribution in [0.15, 0.2) is 47.1 Å². The van der Waals surface area contributed by atoms with E-state index in [1.54, 1.807) is 41.3 Å². The monoisotopic (exact) mass is 482 g/mol. The van der Waals surface area contributed by atoms with Crippen LogP contribution in [0.3, 0.4) is 0 Å². The fourth-order valence-electron chi connectivity index (χ4n) is 4.38.